The van der Waals surface area contributed by atoms with E-state index in [1.807, 2.05) is 0 Å². The van der Waals surface area contributed by atoms with Gasteiger partial charge < -0.3 is 99.8 Å². The van der Waals surface area contributed by atoms with Crippen molar-refractivity contribution < 1.29 is 94.1 Å². The second-order valence-electron chi connectivity index (χ2n) is 14.1. The van der Waals surface area contributed by atoms with E-state index < -0.39 is 124 Å². The molecule has 54 heavy (non-hydrogen) atoms. The molecule has 0 amide bonds. The quantitative estimate of drug-likeness (QED) is 0.0481. The van der Waals surface area contributed by atoms with E-state index in [1.54, 1.807) is 0 Å². The summed E-state index contributed by atoms with van der Waals surface area (Å²) in [5.41, 5.74) is 5.63. The lowest BCUT2D eigenvalue weighted by Crippen LogP contribution is -2.65. The minimum atomic E-state index is -1.87. The van der Waals surface area contributed by atoms with E-state index in [-0.39, 0.29) is 13.2 Å². The average Bonchev–Trinajstić information content (AvgIpc) is 3.16. The summed E-state index contributed by atoms with van der Waals surface area (Å²) in [5, 5.41) is 114. The Morgan fingerprint density at radius 2 is 1.11 bits per heavy atom. The number of hydrogen-bond acceptors (Lipinski definition) is 21. The molecule has 0 radical (unpaired) electrons. The van der Waals surface area contributed by atoms with Crippen LogP contribution in [0.15, 0.2) is 0 Å². The van der Waals surface area contributed by atoms with Gasteiger partial charge in [0, 0.05) is 19.7 Å². The van der Waals surface area contributed by atoms with Crippen LogP contribution in [0.1, 0.15) is 38.5 Å². The van der Waals surface area contributed by atoms with Crippen molar-refractivity contribution in [3.05, 3.63) is 0 Å². The minimum absolute atomic E-state index is 0.0176. The molecule has 11 unspecified atom stereocenters. The summed E-state index contributed by atoms with van der Waals surface area (Å²) in [6.07, 6.45) is -21.0. The van der Waals surface area contributed by atoms with Crippen molar-refractivity contribution in [2.75, 3.05) is 65.8 Å². The van der Waals surface area contributed by atoms with Crippen molar-refractivity contribution >= 4 is 0 Å². The molecule has 21 heteroatoms. The van der Waals surface area contributed by atoms with Gasteiger partial charge in [-0.1, -0.05) is 12.8 Å². The highest BCUT2D eigenvalue weighted by atomic mass is 16.8. The van der Waals surface area contributed by atoms with Crippen LogP contribution in [0.5, 0.6) is 0 Å². The Labute approximate surface area is 313 Å². The molecule has 4 heterocycles. The molecule has 4 saturated heterocycles. The maximum absolute atomic E-state index is 11.4. The molecule has 0 saturated carbocycles. The normalized spacial score (nSPS) is 42.1. The molecule has 13 N–H and O–H groups in total. The van der Waals surface area contributed by atoms with Crippen LogP contribution in [0.2, 0.25) is 0 Å². The Morgan fingerprint density at radius 3 is 1.72 bits per heavy atom. The number of nitrogens with two attached hydrogens (primary N) is 1. The van der Waals surface area contributed by atoms with Crippen molar-refractivity contribution in [1.29, 1.82) is 0 Å². The lowest BCUT2D eigenvalue weighted by molar-refractivity contribution is -0.366. The lowest BCUT2D eigenvalue weighted by atomic mass is 9.96. The first kappa shape index (κ1) is 45.9. The van der Waals surface area contributed by atoms with Gasteiger partial charge in [0.25, 0.3) is 0 Å². The summed E-state index contributed by atoms with van der Waals surface area (Å²) in [6.45, 7) is 0.736. The van der Waals surface area contributed by atoms with Crippen molar-refractivity contribution in [2.45, 2.75) is 143 Å². The van der Waals surface area contributed by atoms with Gasteiger partial charge in [0.15, 0.2) is 25.2 Å². The van der Waals surface area contributed by atoms with Gasteiger partial charge in [-0.15, -0.1) is 0 Å². The van der Waals surface area contributed by atoms with Gasteiger partial charge in [-0.2, -0.15) is 0 Å². The van der Waals surface area contributed by atoms with Crippen molar-refractivity contribution in [3.63, 3.8) is 0 Å². The predicted octanol–water partition coefficient (Wildman–Crippen LogP) is -6.21. The Balaban J connectivity index is 1.43. The van der Waals surface area contributed by atoms with Crippen LogP contribution in [-0.4, -0.2) is 231 Å². The largest absolute Gasteiger partial charge is 0.394 e. The van der Waals surface area contributed by atoms with Gasteiger partial charge in [0.05, 0.1) is 33.0 Å². The summed E-state index contributed by atoms with van der Waals surface area (Å²) >= 11 is 0. The minimum Gasteiger partial charge on any atom is -0.394 e. The molecule has 318 valence electrons. The van der Waals surface area contributed by atoms with E-state index in [1.165, 1.54) is 0 Å². The van der Waals surface area contributed by atoms with E-state index in [0.29, 0.717) is 39.2 Å². The molecule has 0 aromatic heterocycles. The van der Waals surface area contributed by atoms with Gasteiger partial charge in [0.2, 0.25) is 0 Å². The number of rotatable bonds is 21. The van der Waals surface area contributed by atoms with E-state index in [2.05, 4.69) is 4.90 Å². The third kappa shape index (κ3) is 12.3. The number of hydrogen-bond donors (Lipinski definition) is 12. The van der Waals surface area contributed by atoms with Gasteiger partial charge in [-0.3, -0.25) is 4.90 Å². The monoisotopic (exact) mass is 790 g/mol. The third-order valence-electron chi connectivity index (χ3n) is 10.1. The van der Waals surface area contributed by atoms with Crippen molar-refractivity contribution in [2.24, 2.45) is 5.73 Å². The van der Waals surface area contributed by atoms with Gasteiger partial charge in [-0.05, 0) is 38.8 Å². The molecular weight excluding hydrogens is 728 g/mol. The van der Waals surface area contributed by atoms with Crippen molar-refractivity contribution in [3.8, 4) is 0 Å². The predicted molar refractivity (Wildman–Crippen MR) is 180 cm³/mol. The Kier molecular flexibility index (Phi) is 19.5. The van der Waals surface area contributed by atoms with Crippen LogP contribution in [0, 0.1) is 0 Å². The second-order valence-corrected chi connectivity index (χ2v) is 14.1. The molecule has 4 aliphatic heterocycles. The van der Waals surface area contributed by atoms with Crippen LogP contribution in [0.4, 0.5) is 0 Å². The first-order valence-corrected chi connectivity index (χ1v) is 18.8. The Morgan fingerprint density at radius 1 is 0.556 bits per heavy atom. The molecule has 21 nitrogen and oxygen atoms in total. The zero-order valence-corrected chi connectivity index (χ0v) is 30.3. The highest BCUT2D eigenvalue weighted by Crippen LogP contribution is 2.31. The molecule has 0 aliphatic carbocycles. The smallest absolute Gasteiger partial charge is 0.187 e. The summed E-state index contributed by atoms with van der Waals surface area (Å²) in [6, 6.07) is 0. The maximum atomic E-state index is 11.4. The fraction of sp³-hybridized carbons (Fsp3) is 1.00. The zero-order valence-electron chi connectivity index (χ0n) is 30.3. The molecule has 0 aromatic carbocycles. The fourth-order valence-electron chi connectivity index (χ4n) is 6.73. The Hall–Kier alpha value is -0.840. The third-order valence-corrected chi connectivity index (χ3v) is 10.1. The van der Waals surface area contributed by atoms with E-state index in [9.17, 15) is 56.2 Å². The standard InChI is InChI=1S/C33H62N2O19/c34-7-3-1-2-4-8-35(9-12-48-30-17(38)6-5-11-47-30)10-13-49-32-28(46)29(54-33-27(45)25(43)22(40)19(15-37)52-33)23(41)20(53-32)16-50-31-26(44)24(42)21(39)18(14-36)51-31/h17-33,36-46H,1-16,34H2/t17?,18?,19?,20?,21-,22-,23-,24?,25?,26?,27?,28?,29?,30?,31+,32+,33-/m1/s1. The van der Waals surface area contributed by atoms with Gasteiger partial charge in [0.1, 0.15) is 79.4 Å². The van der Waals surface area contributed by atoms with Crippen LogP contribution in [0.25, 0.3) is 0 Å². The summed E-state index contributed by atoms with van der Waals surface area (Å²) in [4.78, 5) is 2.06. The number of aliphatic hydroxyl groups is 11. The molecule has 4 aliphatic rings. The molecule has 4 rings (SSSR count). The molecule has 0 spiro atoms. The van der Waals surface area contributed by atoms with E-state index in [4.69, 9.17) is 43.6 Å². The van der Waals surface area contributed by atoms with Crippen molar-refractivity contribution in [1.82, 2.24) is 4.90 Å². The highest BCUT2D eigenvalue weighted by molar-refractivity contribution is 4.95. The average molecular weight is 791 g/mol. The summed E-state index contributed by atoms with van der Waals surface area (Å²) in [7, 11) is 0. The Bertz CT molecular complexity index is 1040. The summed E-state index contributed by atoms with van der Waals surface area (Å²) < 4.78 is 45.4. The van der Waals surface area contributed by atoms with Gasteiger partial charge >= 0.3 is 0 Å². The second kappa shape index (κ2) is 22.9. The fourth-order valence-corrected chi connectivity index (χ4v) is 6.73. The topological polar surface area (TPSA) is 326 Å². The first-order chi connectivity index (χ1) is 25.9. The number of aliphatic hydroxyl groups excluding tert-OH is 11. The summed E-state index contributed by atoms with van der Waals surface area (Å²) in [5.74, 6) is 0. The highest BCUT2D eigenvalue weighted by Gasteiger charge is 2.52. The molecule has 17 atom stereocenters. The number of unbranched alkanes of at least 4 members (excludes halogenated alkanes) is 3. The van der Waals surface area contributed by atoms with Crippen LogP contribution >= 0.6 is 0 Å². The molecule has 0 aromatic rings. The maximum Gasteiger partial charge on any atom is 0.187 e. The van der Waals surface area contributed by atoms with E-state index >= 15 is 0 Å². The van der Waals surface area contributed by atoms with Crippen LogP contribution < -0.4 is 5.73 Å². The van der Waals surface area contributed by atoms with Crippen LogP contribution in [-0.2, 0) is 37.9 Å². The van der Waals surface area contributed by atoms with Gasteiger partial charge in [-0.25, -0.2) is 0 Å². The molecular formula is C33H62N2O19. The number of nitrogens with zero attached hydrogens (tertiary/aromatic N) is 1. The van der Waals surface area contributed by atoms with E-state index in [0.717, 1.165) is 32.1 Å². The first-order valence-electron chi connectivity index (χ1n) is 18.8. The SMILES string of the molecule is NCCCCCCN(CCOC1OCCCC1O)CCO[C@H]1OC(CO[C@H]2OC(CO)[C@@H](O)C(O)C2O)[C@@H](O)C(O[C@H]2OC(CO)[C@@H](O)C(O)C2O)C1O. The van der Waals surface area contributed by atoms with Crippen LogP contribution in [0.3, 0.4) is 0 Å². The molecule has 0 bridgehead atoms. The zero-order chi connectivity index (χ0) is 39.4. The molecule has 4 fully saturated rings. The number of ether oxygens (including phenoxy) is 8. The lowest BCUT2D eigenvalue weighted by Gasteiger charge is -2.46.